The molecule has 0 aromatic heterocycles. The summed E-state index contributed by atoms with van der Waals surface area (Å²) in [5.41, 5.74) is 4.59. The molecule has 2 rings (SSSR count). The molecule has 1 aromatic rings. The minimum atomic E-state index is 0.353. The first kappa shape index (κ1) is 9.57. The molecule has 0 amide bonds. The molecule has 1 aromatic carbocycles. The van der Waals surface area contributed by atoms with E-state index in [0.717, 1.165) is 6.54 Å². The molecule has 1 atom stereocenters. The molecule has 0 bridgehead atoms. The fourth-order valence-corrected chi connectivity index (χ4v) is 2.31. The minimum Gasteiger partial charge on any atom is -0.384 e. The second-order valence-electron chi connectivity index (χ2n) is 5.34. The summed E-state index contributed by atoms with van der Waals surface area (Å²) in [5.74, 6) is 0.650. The molecule has 1 nitrogen and oxygen atoms in total. The number of benzene rings is 1. The SMILES string of the molecule is Cc1cccc2c1NCC2C(C)(C)C. The molecule has 1 aliphatic heterocycles. The second kappa shape index (κ2) is 3.01. The lowest BCUT2D eigenvalue weighted by Gasteiger charge is -2.26. The molecule has 1 unspecified atom stereocenters. The standard InChI is InChI=1S/C13H19N/c1-9-6-5-7-10-11(13(2,3)4)8-14-12(9)10/h5-7,11,14H,8H2,1-4H3. The summed E-state index contributed by atoms with van der Waals surface area (Å²) in [5, 5.41) is 3.53. The van der Waals surface area contributed by atoms with Gasteiger partial charge in [0.05, 0.1) is 0 Å². The highest BCUT2D eigenvalue weighted by Gasteiger charge is 2.32. The lowest BCUT2D eigenvalue weighted by atomic mass is 9.77. The van der Waals surface area contributed by atoms with E-state index in [9.17, 15) is 0 Å². The maximum atomic E-state index is 3.53. The summed E-state index contributed by atoms with van der Waals surface area (Å²) in [6.07, 6.45) is 0. The van der Waals surface area contributed by atoms with Gasteiger partial charge in [0.25, 0.3) is 0 Å². The number of rotatable bonds is 0. The van der Waals surface area contributed by atoms with Gasteiger partial charge in [0.2, 0.25) is 0 Å². The highest BCUT2D eigenvalue weighted by atomic mass is 14.9. The topological polar surface area (TPSA) is 12.0 Å². The number of aryl methyl sites for hydroxylation is 1. The third-order valence-electron chi connectivity index (χ3n) is 3.21. The fourth-order valence-electron chi connectivity index (χ4n) is 2.31. The van der Waals surface area contributed by atoms with E-state index in [0.29, 0.717) is 11.3 Å². The van der Waals surface area contributed by atoms with Gasteiger partial charge in [0.1, 0.15) is 0 Å². The van der Waals surface area contributed by atoms with E-state index in [4.69, 9.17) is 0 Å². The van der Waals surface area contributed by atoms with Gasteiger partial charge in [0.15, 0.2) is 0 Å². The van der Waals surface area contributed by atoms with Crippen molar-refractivity contribution in [2.75, 3.05) is 11.9 Å². The van der Waals surface area contributed by atoms with Crippen LogP contribution in [0.3, 0.4) is 0 Å². The smallest absolute Gasteiger partial charge is 0.0406 e. The summed E-state index contributed by atoms with van der Waals surface area (Å²) in [6.45, 7) is 10.2. The summed E-state index contributed by atoms with van der Waals surface area (Å²) in [6, 6.07) is 6.61. The molecule has 14 heavy (non-hydrogen) atoms. The molecule has 0 aliphatic carbocycles. The van der Waals surface area contributed by atoms with E-state index < -0.39 is 0 Å². The van der Waals surface area contributed by atoms with Crippen LogP contribution < -0.4 is 5.32 Å². The van der Waals surface area contributed by atoms with Crippen molar-refractivity contribution < 1.29 is 0 Å². The fraction of sp³-hybridized carbons (Fsp3) is 0.538. The predicted molar refractivity (Wildman–Crippen MR) is 61.9 cm³/mol. The number of nitrogens with one attached hydrogen (secondary N) is 1. The first-order valence-electron chi connectivity index (χ1n) is 5.33. The van der Waals surface area contributed by atoms with Crippen molar-refractivity contribution in [3.05, 3.63) is 29.3 Å². The summed E-state index contributed by atoms with van der Waals surface area (Å²) in [4.78, 5) is 0. The average molecular weight is 189 g/mol. The van der Waals surface area contributed by atoms with Gasteiger partial charge in [-0.1, -0.05) is 39.0 Å². The number of hydrogen-bond donors (Lipinski definition) is 1. The molecule has 0 saturated carbocycles. The van der Waals surface area contributed by atoms with Gasteiger partial charge >= 0.3 is 0 Å². The normalized spacial score (nSPS) is 20.4. The van der Waals surface area contributed by atoms with E-state index in [1.807, 2.05) is 0 Å². The molecule has 1 N–H and O–H groups in total. The van der Waals surface area contributed by atoms with Crippen LogP contribution in [0, 0.1) is 12.3 Å². The molecule has 0 spiro atoms. The summed E-state index contributed by atoms with van der Waals surface area (Å²) >= 11 is 0. The van der Waals surface area contributed by atoms with Gasteiger partial charge < -0.3 is 5.32 Å². The lowest BCUT2D eigenvalue weighted by molar-refractivity contribution is 0.339. The molecule has 1 aliphatic rings. The van der Waals surface area contributed by atoms with E-state index in [2.05, 4.69) is 51.2 Å². The Bertz CT molecular complexity index is 347. The quantitative estimate of drug-likeness (QED) is 0.658. The summed E-state index contributed by atoms with van der Waals surface area (Å²) in [7, 11) is 0. The van der Waals surface area contributed by atoms with Gasteiger partial charge in [-0.05, 0) is 23.5 Å². The van der Waals surface area contributed by atoms with Crippen LogP contribution in [-0.4, -0.2) is 6.54 Å². The van der Waals surface area contributed by atoms with Crippen LogP contribution in [0.4, 0.5) is 5.69 Å². The number of anilines is 1. The third kappa shape index (κ3) is 1.41. The van der Waals surface area contributed by atoms with Crippen LogP contribution >= 0.6 is 0 Å². The average Bonchev–Trinajstić information content (AvgIpc) is 2.47. The molecular formula is C13H19N. The first-order valence-corrected chi connectivity index (χ1v) is 5.33. The first-order chi connectivity index (χ1) is 6.50. The molecule has 1 heterocycles. The zero-order valence-electron chi connectivity index (χ0n) is 9.52. The van der Waals surface area contributed by atoms with Crippen molar-refractivity contribution in [1.82, 2.24) is 0 Å². The van der Waals surface area contributed by atoms with Gasteiger partial charge in [-0.2, -0.15) is 0 Å². The molecule has 76 valence electrons. The molecule has 0 fully saturated rings. The molecule has 1 heteroatoms. The van der Waals surface area contributed by atoms with Gasteiger partial charge in [-0.3, -0.25) is 0 Å². The zero-order chi connectivity index (χ0) is 10.3. The molecule has 0 radical (unpaired) electrons. The van der Waals surface area contributed by atoms with Crippen molar-refractivity contribution in [2.45, 2.75) is 33.6 Å². The van der Waals surface area contributed by atoms with Crippen LogP contribution in [-0.2, 0) is 0 Å². The Morgan fingerprint density at radius 3 is 2.64 bits per heavy atom. The third-order valence-corrected chi connectivity index (χ3v) is 3.21. The van der Waals surface area contributed by atoms with Gasteiger partial charge in [0, 0.05) is 18.2 Å². The van der Waals surface area contributed by atoms with E-state index >= 15 is 0 Å². The molecule has 0 saturated heterocycles. The van der Waals surface area contributed by atoms with E-state index in [1.54, 1.807) is 0 Å². The second-order valence-corrected chi connectivity index (χ2v) is 5.34. The van der Waals surface area contributed by atoms with Crippen molar-refractivity contribution in [1.29, 1.82) is 0 Å². The monoisotopic (exact) mass is 189 g/mol. The van der Waals surface area contributed by atoms with Gasteiger partial charge in [-0.15, -0.1) is 0 Å². The Morgan fingerprint density at radius 2 is 2.00 bits per heavy atom. The Hall–Kier alpha value is -0.980. The Kier molecular flexibility index (Phi) is 2.06. The highest BCUT2D eigenvalue weighted by Crippen LogP contribution is 2.43. The number of para-hydroxylation sites is 1. The zero-order valence-corrected chi connectivity index (χ0v) is 9.52. The Balaban J connectivity index is 2.45. The van der Waals surface area contributed by atoms with Crippen molar-refractivity contribution in [2.24, 2.45) is 5.41 Å². The van der Waals surface area contributed by atoms with Crippen LogP contribution in [0.15, 0.2) is 18.2 Å². The Morgan fingerprint density at radius 1 is 1.29 bits per heavy atom. The van der Waals surface area contributed by atoms with Crippen molar-refractivity contribution in [3.63, 3.8) is 0 Å². The lowest BCUT2D eigenvalue weighted by Crippen LogP contribution is -2.19. The maximum absolute atomic E-state index is 3.53. The van der Waals surface area contributed by atoms with Crippen LogP contribution in [0.5, 0.6) is 0 Å². The highest BCUT2D eigenvalue weighted by molar-refractivity contribution is 5.63. The Labute approximate surface area is 86.5 Å². The van der Waals surface area contributed by atoms with Crippen LogP contribution in [0.2, 0.25) is 0 Å². The van der Waals surface area contributed by atoms with Crippen molar-refractivity contribution in [3.8, 4) is 0 Å². The maximum Gasteiger partial charge on any atom is 0.0406 e. The van der Waals surface area contributed by atoms with E-state index in [-0.39, 0.29) is 0 Å². The number of fused-ring (bicyclic) bond motifs is 1. The summed E-state index contributed by atoms with van der Waals surface area (Å²) < 4.78 is 0. The van der Waals surface area contributed by atoms with Crippen molar-refractivity contribution >= 4 is 5.69 Å². The minimum absolute atomic E-state index is 0.353. The largest absolute Gasteiger partial charge is 0.384 e. The molecular weight excluding hydrogens is 170 g/mol. The van der Waals surface area contributed by atoms with E-state index in [1.165, 1.54) is 16.8 Å². The van der Waals surface area contributed by atoms with Crippen LogP contribution in [0.1, 0.15) is 37.8 Å². The van der Waals surface area contributed by atoms with Crippen LogP contribution in [0.25, 0.3) is 0 Å². The number of hydrogen-bond acceptors (Lipinski definition) is 1. The predicted octanol–water partition coefficient (Wildman–Crippen LogP) is 3.55. The van der Waals surface area contributed by atoms with Gasteiger partial charge in [-0.25, -0.2) is 0 Å².